The Labute approximate surface area is 104 Å². The highest BCUT2D eigenvalue weighted by molar-refractivity contribution is 5.24. The number of nitrogens with one attached hydrogen (secondary N) is 1. The highest BCUT2D eigenvalue weighted by Gasteiger charge is 2.30. The van der Waals surface area contributed by atoms with Crippen LogP contribution in [0.15, 0.2) is 24.3 Å². The van der Waals surface area contributed by atoms with Crippen molar-refractivity contribution in [2.75, 3.05) is 6.61 Å². The van der Waals surface area contributed by atoms with Crippen molar-refractivity contribution in [1.82, 2.24) is 5.32 Å². The second-order valence-electron chi connectivity index (χ2n) is 5.77. The fourth-order valence-corrected chi connectivity index (χ4v) is 2.49. The molecule has 94 valence electrons. The summed E-state index contributed by atoms with van der Waals surface area (Å²) < 4.78 is 6.01. The van der Waals surface area contributed by atoms with Crippen LogP contribution in [0.2, 0.25) is 0 Å². The van der Waals surface area contributed by atoms with Gasteiger partial charge < -0.3 is 10.1 Å². The monoisotopic (exact) mass is 233 g/mol. The Hall–Kier alpha value is -0.860. The molecule has 1 fully saturated rings. The summed E-state index contributed by atoms with van der Waals surface area (Å²) in [5.74, 6) is 0. The Kier molecular flexibility index (Phi) is 3.55. The average molecular weight is 233 g/mol. The van der Waals surface area contributed by atoms with E-state index in [0.717, 1.165) is 13.0 Å². The molecule has 17 heavy (non-hydrogen) atoms. The molecule has 2 rings (SSSR count). The molecule has 2 nitrogen and oxygen atoms in total. The van der Waals surface area contributed by atoms with Crippen molar-refractivity contribution >= 4 is 0 Å². The van der Waals surface area contributed by atoms with Gasteiger partial charge in [0.2, 0.25) is 0 Å². The summed E-state index contributed by atoms with van der Waals surface area (Å²) >= 11 is 0. The molecular formula is C15H23NO. The zero-order valence-electron chi connectivity index (χ0n) is 11.3. The van der Waals surface area contributed by atoms with E-state index >= 15 is 0 Å². The molecule has 0 amide bonds. The van der Waals surface area contributed by atoms with Crippen LogP contribution in [0.25, 0.3) is 0 Å². The minimum Gasteiger partial charge on any atom is -0.372 e. The Morgan fingerprint density at radius 2 is 1.88 bits per heavy atom. The lowest BCUT2D eigenvalue weighted by Gasteiger charge is -2.29. The van der Waals surface area contributed by atoms with Crippen molar-refractivity contribution < 1.29 is 4.74 Å². The molecule has 0 aromatic heterocycles. The fourth-order valence-electron chi connectivity index (χ4n) is 2.49. The van der Waals surface area contributed by atoms with Gasteiger partial charge in [0.1, 0.15) is 0 Å². The van der Waals surface area contributed by atoms with Crippen molar-refractivity contribution in [3.63, 3.8) is 0 Å². The molecule has 0 aliphatic carbocycles. The molecule has 1 aliphatic heterocycles. The zero-order valence-corrected chi connectivity index (χ0v) is 11.3. The summed E-state index contributed by atoms with van der Waals surface area (Å²) in [4.78, 5) is 0. The molecule has 0 spiro atoms. The van der Waals surface area contributed by atoms with E-state index in [4.69, 9.17) is 4.74 Å². The second-order valence-corrected chi connectivity index (χ2v) is 5.77. The lowest BCUT2D eigenvalue weighted by Crippen LogP contribution is -2.45. The molecular weight excluding hydrogens is 210 g/mol. The molecule has 1 aromatic carbocycles. The van der Waals surface area contributed by atoms with Gasteiger partial charge in [-0.1, -0.05) is 29.8 Å². The second kappa shape index (κ2) is 4.79. The van der Waals surface area contributed by atoms with Crippen LogP contribution in [0, 0.1) is 6.92 Å². The number of hydrogen-bond acceptors (Lipinski definition) is 2. The van der Waals surface area contributed by atoms with Crippen LogP contribution in [0.3, 0.4) is 0 Å². The maximum absolute atomic E-state index is 6.01. The lowest BCUT2D eigenvalue weighted by atomic mass is 9.98. The predicted molar refractivity (Wildman–Crippen MR) is 71.2 cm³/mol. The largest absolute Gasteiger partial charge is 0.372 e. The van der Waals surface area contributed by atoms with Gasteiger partial charge in [0.05, 0.1) is 6.10 Å². The number of ether oxygens (including phenoxy) is 1. The molecule has 1 aromatic rings. The third kappa shape index (κ3) is 3.08. The first-order valence-corrected chi connectivity index (χ1v) is 6.44. The van der Waals surface area contributed by atoms with Gasteiger partial charge in [-0.2, -0.15) is 0 Å². The van der Waals surface area contributed by atoms with Crippen LogP contribution in [-0.2, 0) is 4.74 Å². The molecule has 1 heterocycles. The van der Waals surface area contributed by atoms with E-state index in [1.807, 2.05) is 0 Å². The van der Waals surface area contributed by atoms with Gasteiger partial charge in [-0.25, -0.2) is 0 Å². The van der Waals surface area contributed by atoms with Crippen LogP contribution in [0.1, 0.15) is 44.4 Å². The Morgan fingerprint density at radius 3 is 2.53 bits per heavy atom. The third-order valence-electron chi connectivity index (χ3n) is 3.50. The molecule has 2 heteroatoms. The van der Waals surface area contributed by atoms with E-state index in [1.54, 1.807) is 0 Å². The highest BCUT2D eigenvalue weighted by Crippen LogP contribution is 2.27. The minimum atomic E-state index is 0.164. The molecule has 0 saturated carbocycles. The summed E-state index contributed by atoms with van der Waals surface area (Å²) in [5, 5.41) is 3.66. The van der Waals surface area contributed by atoms with Crippen LogP contribution in [-0.4, -0.2) is 18.2 Å². The van der Waals surface area contributed by atoms with E-state index in [0.29, 0.717) is 6.04 Å². The van der Waals surface area contributed by atoms with Crippen LogP contribution in [0.4, 0.5) is 0 Å². The summed E-state index contributed by atoms with van der Waals surface area (Å²) in [6, 6.07) is 9.01. The van der Waals surface area contributed by atoms with Gasteiger partial charge >= 0.3 is 0 Å². The zero-order chi connectivity index (χ0) is 12.5. The highest BCUT2D eigenvalue weighted by atomic mass is 16.5. The van der Waals surface area contributed by atoms with Crippen molar-refractivity contribution in [3.8, 4) is 0 Å². The van der Waals surface area contributed by atoms with Gasteiger partial charge in [0.15, 0.2) is 0 Å². The van der Waals surface area contributed by atoms with Crippen molar-refractivity contribution in [2.45, 2.75) is 51.8 Å². The van der Waals surface area contributed by atoms with E-state index in [2.05, 4.69) is 57.3 Å². The smallest absolute Gasteiger partial charge is 0.0975 e. The number of rotatable bonds is 1. The van der Waals surface area contributed by atoms with Gasteiger partial charge in [-0.15, -0.1) is 0 Å². The average Bonchev–Trinajstić information content (AvgIpc) is 2.37. The van der Waals surface area contributed by atoms with E-state index in [1.165, 1.54) is 11.1 Å². The Bertz CT molecular complexity index is 369. The molecule has 0 bridgehead atoms. The van der Waals surface area contributed by atoms with Crippen LogP contribution < -0.4 is 5.32 Å². The van der Waals surface area contributed by atoms with Gasteiger partial charge in [-0.05, 0) is 39.7 Å². The normalized spacial score (nSPS) is 28.7. The van der Waals surface area contributed by atoms with E-state index in [9.17, 15) is 0 Å². The van der Waals surface area contributed by atoms with Crippen molar-refractivity contribution in [1.29, 1.82) is 0 Å². The van der Waals surface area contributed by atoms with Gasteiger partial charge in [0, 0.05) is 18.2 Å². The van der Waals surface area contributed by atoms with Gasteiger partial charge in [-0.3, -0.25) is 0 Å². The van der Waals surface area contributed by atoms with Crippen LogP contribution in [0.5, 0.6) is 0 Å². The summed E-state index contributed by atoms with van der Waals surface area (Å²) in [7, 11) is 0. The summed E-state index contributed by atoms with van der Waals surface area (Å²) in [6.45, 7) is 9.62. The molecule has 1 saturated heterocycles. The standard InChI is InChI=1S/C15H23NO/c1-11-5-7-13(8-6-11)14-12(2)16-15(3,4)9-10-17-14/h5-8,12,14,16H,9-10H2,1-4H3. The van der Waals surface area contributed by atoms with Crippen molar-refractivity contribution in [2.24, 2.45) is 0 Å². The quantitative estimate of drug-likeness (QED) is 0.804. The summed E-state index contributed by atoms with van der Waals surface area (Å²) in [5.41, 5.74) is 2.73. The molecule has 1 aliphatic rings. The van der Waals surface area contributed by atoms with Crippen LogP contribution >= 0.6 is 0 Å². The summed E-state index contributed by atoms with van der Waals surface area (Å²) in [6.07, 6.45) is 1.22. The number of benzene rings is 1. The Balaban J connectivity index is 2.18. The van der Waals surface area contributed by atoms with E-state index < -0.39 is 0 Å². The molecule has 2 atom stereocenters. The first kappa shape index (κ1) is 12.6. The van der Waals surface area contributed by atoms with Gasteiger partial charge in [0.25, 0.3) is 0 Å². The first-order chi connectivity index (χ1) is 7.98. The number of hydrogen-bond donors (Lipinski definition) is 1. The fraction of sp³-hybridized carbons (Fsp3) is 0.600. The first-order valence-electron chi connectivity index (χ1n) is 6.44. The minimum absolute atomic E-state index is 0.164. The maximum Gasteiger partial charge on any atom is 0.0975 e. The molecule has 1 N–H and O–H groups in total. The number of aryl methyl sites for hydroxylation is 1. The molecule has 0 radical (unpaired) electrons. The maximum atomic E-state index is 6.01. The van der Waals surface area contributed by atoms with E-state index in [-0.39, 0.29) is 11.6 Å². The predicted octanol–water partition coefficient (Wildman–Crippen LogP) is 3.21. The third-order valence-corrected chi connectivity index (χ3v) is 3.50. The Morgan fingerprint density at radius 1 is 1.24 bits per heavy atom. The van der Waals surface area contributed by atoms with Crippen molar-refractivity contribution in [3.05, 3.63) is 35.4 Å². The lowest BCUT2D eigenvalue weighted by molar-refractivity contribution is 0.0460. The topological polar surface area (TPSA) is 21.3 Å². The molecule has 2 unspecified atom stereocenters. The SMILES string of the molecule is Cc1ccc(C2OCCC(C)(C)NC2C)cc1.